The second-order valence-corrected chi connectivity index (χ2v) is 7.24. The lowest BCUT2D eigenvalue weighted by atomic mass is 10.1. The number of benzene rings is 1. The minimum absolute atomic E-state index is 0.0546. The van der Waals surface area contributed by atoms with E-state index in [1.165, 1.54) is 23.5 Å². The highest BCUT2D eigenvalue weighted by molar-refractivity contribution is 7.13. The van der Waals surface area contributed by atoms with Crippen molar-refractivity contribution in [2.24, 2.45) is 0 Å². The van der Waals surface area contributed by atoms with Crippen LogP contribution in [0.2, 0.25) is 0 Å². The third-order valence-electron chi connectivity index (χ3n) is 4.21. The van der Waals surface area contributed by atoms with Crippen molar-refractivity contribution in [3.8, 4) is 10.6 Å². The van der Waals surface area contributed by atoms with Crippen molar-refractivity contribution >= 4 is 17.2 Å². The minimum atomic E-state index is -4.34. The lowest BCUT2D eigenvalue weighted by molar-refractivity contribution is -0.137. The molecule has 2 heterocycles. The summed E-state index contributed by atoms with van der Waals surface area (Å²) in [4.78, 5) is 20.4. The van der Waals surface area contributed by atoms with Crippen molar-refractivity contribution in [2.45, 2.75) is 12.7 Å². The zero-order valence-corrected chi connectivity index (χ0v) is 15.6. The summed E-state index contributed by atoms with van der Waals surface area (Å²) in [6.45, 7) is 3.14. The van der Waals surface area contributed by atoms with Crippen LogP contribution in [0.5, 0.6) is 0 Å². The van der Waals surface area contributed by atoms with Crippen molar-refractivity contribution in [1.82, 2.24) is 14.8 Å². The van der Waals surface area contributed by atoms with Gasteiger partial charge in [0.05, 0.1) is 31.0 Å². The molecule has 5 nitrogen and oxygen atoms in total. The summed E-state index contributed by atoms with van der Waals surface area (Å²) in [5.41, 5.74) is 0.753. The SMILES string of the molecule is CN(CC(=O)N1CCOCC1)Cc1csc(-c2ccc(C(F)(F)F)cc2)n1. The zero-order chi connectivity index (χ0) is 19.4. The highest BCUT2D eigenvalue weighted by Gasteiger charge is 2.30. The molecule has 1 aliphatic rings. The number of hydrogen-bond donors (Lipinski definition) is 0. The van der Waals surface area contributed by atoms with Crippen molar-refractivity contribution in [3.05, 3.63) is 40.9 Å². The molecular formula is C18H20F3N3O2S. The maximum Gasteiger partial charge on any atom is 0.416 e. The maximum atomic E-state index is 12.7. The van der Waals surface area contributed by atoms with Crippen molar-refractivity contribution in [3.63, 3.8) is 0 Å². The van der Waals surface area contributed by atoms with Crippen LogP contribution in [0.1, 0.15) is 11.3 Å². The van der Waals surface area contributed by atoms with Crippen LogP contribution in [0.25, 0.3) is 10.6 Å². The fraction of sp³-hybridized carbons (Fsp3) is 0.444. The molecule has 1 aliphatic heterocycles. The molecule has 146 valence electrons. The predicted octanol–water partition coefficient (Wildman–Crippen LogP) is 3.12. The van der Waals surface area contributed by atoms with Gasteiger partial charge in [-0.3, -0.25) is 9.69 Å². The zero-order valence-electron chi connectivity index (χ0n) is 14.8. The molecule has 0 bridgehead atoms. The summed E-state index contributed by atoms with van der Waals surface area (Å²) in [7, 11) is 1.84. The number of aromatic nitrogens is 1. The van der Waals surface area contributed by atoms with Gasteiger partial charge in [0.2, 0.25) is 5.91 Å². The van der Waals surface area contributed by atoms with E-state index in [9.17, 15) is 18.0 Å². The molecule has 3 rings (SSSR count). The summed E-state index contributed by atoms with van der Waals surface area (Å²) in [5, 5.41) is 2.52. The van der Waals surface area contributed by atoms with Crippen LogP contribution in [-0.2, 0) is 22.3 Å². The molecule has 1 aromatic carbocycles. The van der Waals surface area contributed by atoms with Crippen LogP contribution < -0.4 is 0 Å². The molecule has 0 radical (unpaired) electrons. The van der Waals surface area contributed by atoms with Gasteiger partial charge < -0.3 is 9.64 Å². The van der Waals surface area contributed by atoms with Gasteiger partial charge in [-0.25, -0.2) is 4.98 Å². The number of thiazole rings is 1. The van der Waals surface area contributed by atoms with Gasteiger partial charge >= 0.3 is 6.18 Å². The van der Waals surface area contributed by atoms with Gasteiger partial charge in [-0.05, 0) is 19.2 Å². The normalized spacial score (nSPS) is 15.4. The van der Waals surface area contributed by atoms with Crippen LogP contribution in [0, 0.1) is 0 Å². The van der Waals surface area contributed by atoms with Gasteiger partial charge in [0.15, 0.2) is 0 Å². The lowest BCUT2D eigenvalue weighted by Gasteiger charge is -2.28. The van der Waals surface area contributed by atoms with E-state index in [1.54, 1.807) is 4.90 Å². The average molecular weight is 399 g/mol. The first kappa shape index (κ1) is 19.8. The van der Waals surface area contributed by atoms with Gasteiger partial charge in [0.25, 0.3) is 0 Å². The smallest absolute Gasteiger partial charge is 0.378 e. The first-order valence-corrected chi connectivity index (χ1v) is 9.37. The largest absolute Gasteiger partial charge is 0.416 e. The van der Waals surface area contributed by atoms with E-state index in [0.29, 0.717) is 43.4 Å². The number of alkyl halides is 3. The molecule has 0 N–H and O–H groups in total. The summed E-state index contributed by atoms with van der Waals surface area (Å²) < 4.78 is 43.2. The van der Waals surface area contributed by atoms with Crippen molar-refractivity contribution in [2.75, 3.05) is 39.9 Å². The number of carbonyl (C=O) groups is 1. The number of halogens is 3. The molecule has 0 saturated carbocycles. The molecule has 0 unspecified atom stereocenters. The predicted molar refractivity (Wildman–Crippen MR) is 96.3 cm³/mol. The van der Waals surface area contributed by atoms with Crippen LogP contribution >= 0.6 is 11.3 Å². The van der Waals surface area contributed by atoms with Crippen molar-refractivity contribution < 1.29 is 22.7 Å². The Bertz CT molecular complexity index is 771. The number of nitrogens with zero attached hydrogens (tertiary/aromatic N) is 3. The molecule has 27 heavy (non-hydrogen) atoms. The van der Waals surface area contributed by atoms with E-state index in [2.05, 4.69) is 4.98 Å². The summed E-state index contributed by atoms with van der Waals surface area (Å²) in [5.74, 6) is 0.0546. The number of ether oxygens (including phenoxy) is 1. The van der Waals surface area contributed by atoms with E-state index in [1.807, 2.05) is 17.3 Å². The molecule has 2 aromatic rings. The molecule has 0 aliphatic carbocycles. The van der Waals surface area contributed by atoms with Gasteiger partial charge in [-0.2, -0.15) is 13.2 Å². The summed E-state index contributed by atoms with van der Waals surface area (Å²) >= 11 is 1.37. The summed E-state index contributed by atoms with van der Waals surface area (Å²) in [6.07, 6.45) is -4.34. The van der Waals surface area contributed by atoms with Crippen LogP contribution in [0.4, 0.5) is 13.2 Å². The molecule has 1 saturated heterocycles. The molecule has 9 heteroatoms. The Balaban J connectivity index is 1.58. The van der Waals surface area contributed by atoms with Crippen LogP contribution in [0.3, 0.4) is 0 Å². The van der Waals surface area contributed by atoms with Gasteiger partial charge in [-0.1, -0.05) is 12.1 Å². The quantitative estimate of drug-likeness (QED) is 0.775. The first-order chi connectivity index (χ1) is 12.8. The van der Waals surface area contributed by atoms with Gasteiger partial charge in [-0.15, -0.1) is 11.3 Å². The molecule has 1 aromatic heterocycles. The van der Waals surface area contributed by atoms with E-state index in [0.717, 1.165) is 17.8 Å². The second kappa shape index (κ2) is 8.37. The number of amides is 1. The first-order valence-electron chi connectivity index (χ1n) is 8.49. The number of rotatable bonds is 5. The Hall–Kier alpha value is -1.97. The van der Waals surface area contributed by atoms with Gasteiger partial charge in [0, 0.05) is 30.6 Å². The van der Waals surface area contributed by atoms with Gasteiger partial charge in [0.1, 0.15) is 5.01 Å². The Kier molecular flexibility index (Phi) is 6.13. The highest BCUT2D eigenvalue weighted by Crippen LogP contribution is 2.31. The Morgan fingerprint density at radius 3 is 2.56 bits per heavy atom. The van der Waals surface area contributed by atoms with Crippen LogP contribution in [0.15, 0.2) is 29.6 Å². The Morgan fingerprint density at radius 2 is 1.93 bits per heavy atom. The van der Waals surface area contributed by atoms with Crippen LogP contribution in [-0.4, -0.2) is 60.6 Å². The molecule has 1 amide bonds. The Labute approximate surface area is 159 Å². The lowest BCUT2D eigenvalue weighted by Crippen LogP contribution is -2.44. The fourth-order valence-corrected chi connectivity index (χ4v) is 3.61. The third-order valence-corrected chi connectivity index (χ3v) is 5.15. The molecule has 1 fully saturated rings. The fourth-order valence-electron chi connectivity index (χ4n) is 2.79. The minimum Gasteiger partial charge on any atom is -0.378 e. The monoisotopic (exact) mass is 399 g/mol. The third kappa shape index (κ3) is 5.27. The maximum absolute atomic E-state index is 12.7. The number of carbonyl (C=O) groups excluding carboxylic acids is 1. The van der Waals surface area contributed by atoms with E-state index >= 15 is 0 Å². The highest BCUT2D eigenvalue weighted by atomic mass is 32.1. The number of likely N-dealkylation sites (N-methyl/N-ethyl adjacent to an activating group) is 1. The number of hydrogen-bond acceptors (Lipinski definition) is 5. The number of morpholine rings is 1. The van der Waals surface area contributed by atoms with E-state index in [4.69, 9.17) is 4.74 Å². The molecule has 0 spiro atoms. The second-order valence-electron chi connectivity index (χ2n) is 6.38. The standard InChI is InChI=1S/C18H20F3N3O2S/c1-23(11-16(25)24-6-8-26-9-7-24)10-15-12-27-17(22-15)13-2-4-14(5-3-13)18(19,20)21/h2-5,12H,6-11H2,1H3. The van der Waals surface area contributed by atoms with E-state index < -0.39 is 11.7 Å². The molecular weight excluding hydrogens is 379 g/mol. The van der Waals surface area contributed by atoms with E-state index in [-0.39, 0.29) is 12.5 Å². The van der Waals surface area contributed by atoms with Crippen molar-refractivity contribution in [1.29, 1.82) is 0 Å². The molecule has 0 atom stereocenters. The summed E-state index contributed by atoms with van der Waals surface area (Å²) in [6, 6.07) is 4.97. The Morgan fingerprint density at radius 1 is 1.26 bits per heavy atom. The average Bonchev–Trinajstić information content (AvgIpc) is 3.10. The topological polar surface area (TPSA) is 45.7 Å².